The zero-order valence-corrected chi connectivity index (χ0v) is 27.4. The fourth-order valence-electron chi connectivity index (χ4n) is 15.4. The average Bonchev–Trinajstić information content (AvgIpc) is 3.58. The summed E-state index contributed by atoms with van der Waals surface area (Å²) in [5.74, 6) is 8.70. The van der Waals surface area contributed by atoms with Gasteiger partial charge in [0.2, 0.25) is 0 Å². The molecule has 9 fully saturated rings. The number of nitrogens with zero attached hydrogens (tertiary/aromatic N) is 2. The van der Waals surface area contributed by atoms with Gasteiger partial charge in [0.05, 0.1) is 0 Å². The van der Waals surface area contributed by atoms with Gasteiger partial charge in [0.15, 0.2) is 0 Å². The Morgan fingerprint density at radius 1 is 0.262 bits per heavy atom. The van der Waals surface area contributed by atoms with Crippen molar-refractivity contribution in [2.24, 2.45) is 47.3 Å². The normalized spacial score (nSPS) is 52.1. The molecule has 11 atom stereocenters. The molecule has 0 aromatic carbocycles. The number of fused-ring (bicyclic) bond motifs is 8. The van der Waals surface area contributed by atoms with Crippen molar-refractivity contribution in [2.45, 2.75) is 203 Å². The third-order valence-corrected chi connectivity index (χ3v) is 16.6. The maximum Gasteiger partial charge on any atom is 0.0137 e. The van der Waals surface area contributed by atoms with E-state index in [2.05, 4.69) is 9.80 Å². The Bertz CT molecular complexity index is 915. The molecule has 0 aromatic heterocycles. The standard InChI is InChI=1S/C40H66N2/c1-2-13-29(14-3-1)41-35-19-8-6-16-33(35)39-37(41)25-26-38-40(39)34-17-7-9-20-36(34)42(38)30-23-21-28(22-24-30)32-18-10-12-27-11-4-5-15-31(27)32/h27-40H,1-26H2. The fourth-order valence-corrected chi connectivity index (χ4v) is 15.4. The van der Waals surface area contributed by atoms with Gasteiger partial charge in [0.25, 0.3) is 0 Å². The Labute approximate surface area is 259 Å². The van der Waals surface area contributed by atoms with Crippen LogP contribution in [0.2, 0.25) is 0 Å². The highest BCUT2D eigenvalue weighted by Crippen LogP contribution is 2.61. The minimum atomic E-state index is 0.946. The maximum absolute atomic E-state index is 3.37. The Balaban J connectivity index is 0.950. The van der Waals surface area contributed by atoms with Gasteiger partial charge >= 0.3 is 0 Å². The van der Waals surface area contributed by atoms with Gasteiger partial charge in [-0.15, -0.1) is 0 Å². The summed E-state index contributed by atoms with van der Waals surface area (Å²) >= 11 is 0. The third-order valence-electron chi connectivity index (χ3n) is 16.6. The molecule has 2 heterocycles. The van der Waals surface area contributed by atoms with Crippen LogP contribution in [0.4, 0.5) is 0 Å². The van der Waals surface area contributed by atoms with E-state index in [1.165, 1.54) is 44.9 Å². The first-order chi connectivity index (χ1) is 20.9. The van der Waals surface area contributed by atoms with Gasteiger partial charge in [-0.25, -0.2) is 0 Å². The van der Waals surface area contributed by atoms with Crippen LogP contribution in [0.25, 0.3) is 0 Å². The Morgan fingerprint density at radius 2 is 0.690 bits per heavy atom. The predicted molar refractivity (Wildman–Crippen MR) is 174 cm³/mol. The summed E-state index contributed by atoms with van der Waals surface area (Å²) in [6.07, 6.45) is 40.5. The van der Waals surface area contributed by atoms with Crippen molar-refractivity contribution in [1.82, 2.24) is 9.80 Å². The molecule has 2 nitrogen and oxygen atoms in total. The molecule has 11 unspecified atom stereocenters. The predicted octanol–water partition coefficient (Wildman–Crippen LogP) is 10.00. The zero-order chi connectivity index (χ0) is 27.6. The largest absolute Gasteiger partial charge is 0.294 e. The van der Waals surface area contributed by atoms with Crippen molar-refractivity contribution in [1.29, 1.82) is 0 Å². The summed E-state index contributed by atoms with van der Waals surface area (Å²) in [4.78, 5) is 6.67. The van der Waals surface area contributed by atoms with Gasteiger partial charge in [-0.1, -0.05) is 77.0 Å². The summed E-state index contributed by atoms with van der Waals surface area (Å²) in [5.41, 5.74) is 0. The van der Waals surface area contributed by atoms with E-state index >= 15 is 0 Å². The Morgan fingerprint density at radius 3 is 1.31 bits per heavy atom. The molecule has 0 N–H and O–H groups in total. The number of hydrogen-bond donors (Lipinski definition) is 0. The Kier molecular flexibility index (Phi) is 8.00. The second kappa shape index (κ2) is 11.9. The molecule has 2 saturated heterocycles. The fraction of sp³-hybridized carbons (Fsp3) is 1.00. The van der Waals surface area contributed by atoms with Crippen molar-refractivity contribution in [3.63, 3.8) is 0 Å². The van der Waals surface area contributed by atoms with Crippen LogP contribution < -0.4 is 0 Å². The highest BCUT2D eigenvalue weighted by molar-refractivity contribution is 5.16. The van der Waals surface area contributed by atoms with E-state index in [1.807, 2.05) is 0 Å². The van der Waals surface area contributed by atoms with Crippen molar-refractivity contribution in [3.8, 4) is 0 Å². The molecule has 0 amide bonds. The lowest BCUT2D eigenvalue weighted by atomic mass is 9.60. The van der Waals surface area contributed by atoms with Crippen LogP contribution >= 0.6 is 0 Å². The van der Waals surface area contributed by atoms with Crippen LogP contribution in [-0.4, -0.2) is 46.1 Å². The van der Waals surface area contributed by atoms with Gasteiger partial charge < -0.3 is 0 Å². The van der Waals surface area contributed by atoms with E-state index < -0.39 is 0 Å². The van der Waals surface area contributed by atoms with Crippen LogP contribution in [0.5, 0.6) is 0 Å². The monoisotopic (exact) mass is 575 g/mol. The molecule has 0 radical (unpaired) electrons. The molecule has 42 heavy (non-hydrogen) atoms. The smallest absolute Gasteiger partial charge is 0.0137 e. The average molecular weight is 575 g/mol. The number of hydrogen-bond acceptors (Lipinski definition) is 2. The first-order valence-corrected chi connectivity index (χ1v) is 20.4. The first kappa shape index (κ1) is 28.2. The van der Waals surface area contributed by atoms with E-state index in [4.69, 9.17) is 0 Å². The van der Waals surface area contributed by atoms with E-state index in [1.54, 1.807) is 122 Å². The van der Waals surface area contributed by atoms with Gasteiger partial charge in [0, 0.05) is 36.3 Å². The van der Waals surface area contributed by atoms with Crippen molar-refractivity contribution >= 4 is 0 Å². The van der Waals surface area contributed by atoms with E-state index in [-0.39, 0.29) is 0 Å². The van der Waals surface area contributed by atoms with Crippen molar-refractivity contribution in [3.05, 3.63) is 0 Å². The summed E-state index contributed by atoms with van der Waals surface area (Å²) in [6, 6.07) is 5.78. The van der Waals surface area contributed by atoms with E-state index in [0.717, 1.165) is 83.6 Å². The molecule has 2 heteroatoms. The van der Waals surface area contributed by atoms with Gasteiger partial charge in [-0.3, -0.25) is 9.80 Å². The first-order valence-electron chi connectivity index (χ1n) is 20.4. The van der Waals surface area contributed by atoms with Gasteiger partial charge in [-0.2, -0.15) is 0 Å². The highest BCUT2D eigenvalue weighted by atomic mass is 15.3. The van der Waals surface area contributed by atoms with Crippen molar-refractivity contribution < 1.29 is 0 Å². The molecule has 2 aliphatic heterocycles. The summed E-state index contributed by atoms with van der Waals surface area (Å²) in [5, 5.41) is 0. The maximum atomic E-state index is 3.37. The molecule has 0 bridgehead atoms. The lowest BCUT2D eigenvalue weighted by molar-refractivity contribution is 0.00220. The molecule has 9 aliphatic rings. The lowest BCUT2D eigenvalue weighted by Gasteiger charge is -2.49. The van der Waals surface area contributed by atoms with Crippen LogP contribution in [0.3, 0.4) is 0 Å². The Hall–Kier alpha value is -0.0800. The van der Waals surface area contributed by atoms with Crippen LogP contribution in [0, 0.1) is 47.3 Å². The minimum absolute atomic E-state index is 0.946. The van der Waals surface area contributed by atoms with Crippen LogP contribution in [0.1, 0.15) is 167 Å². The zero-order valence-electron chi connectivity index (χ0n) is 27.4. The SMILES string of the molecule is C1CCC(N2C3CCCCC3C3C4C5CCCCC5N(C5CCC(C6CCCC7CCCCC76)CC5)C4CCC32)CC1. The molecule has 9 rings (SSSR count). The van der Waals surface area contributed by atoms with E-state index in [0.29, 0.717) is 0 Å². The molecule has 0 spiro atoms. The summed E-state index contributed by atoms with van der Waals surface area (Å²) < 4.78 is 0. The van der Waals surface area contributed by atoms with Crippen molar-refractivity contribution in [2.75, 3.05) is 0 Å². The number of rotatable bonds is 3. The second-order valence-electron chi connectivity index (χ2n) is 18.0. The molecule has 236 valence electrons. The van der Waals surface area contributed by atoms with Gasteiger partial charge in [0.1, 0.15) is 0 Å². The van der Waals surface area contributed by atoms with E-state index in [9.17, 15) is 0 Å². The van der Waals surface area contributed by atoms with Gasteiger partial charge in [-0.05, 0) is 137 Å². The lowest BCUT2D eigenvalue weighted by Crippen LogP contribution is -2.53. The quantitative estimate of drug-likeness (QED) is 0.331. The molecule has 7 saturated carbocycles. The third kappa shape index (κ3) is 4.66. The molecular weight excluding hydrogens is 508 g/mol. The van der Waals surface area contributed by atoms with Crippen LogP contribution in [0.15, 0.2) is 0 Å². The summed E-state index contributed by atoms with van der Waals surface area (Å²) in [7, 11) is 0. The second-order valence-corrected chi connectivity index (χ2v) is 18.0. The topological polar surface area (TPSA) is 6.48 Å². The highest BCUT2D eigenvalue weighted by Gasteiger charge is 2.63. The van der Waals surface area contributed by atoms with Crippen LogP contribution in [-0.2, 0) is 0 Å². The molecular formula is C40H66N2. The minimum Gasteiger partial charge on any atom is -0.294 e. The number of likely N-dealkylation sites (tertiary alicyclic amines) is 2. The molecule has 7 aliphatic carbocycles. The summed E-state index contributed by atoms with van der Waals surface area (Å²) in [6.45, 7) is 0. The molecule has 0 aromatic rings.